The Hall–Kier alpha value is -1.85. The van der Waals surface area contributed by atoms with Gasteiger partial charge in [-0.2, -0.15) is 0 Å². The number of aromatic nitrogens is 4. The van der Waals surface area contributed by atoms with E-state index in [9.17, 15) is 0 Å². The Morgan fingerprint density at radius 1 is 1.40 bits per heavy atom. The number of H-pyrrole nitrogens is 1. The third-order valence-electron chi connectivity index (χ3n) is 3.83. The van der Waals surface area contributed by atoms with Crippen molar-refractivity contribution in [2.75, 3.05) is 6.54 Å². The Morgan fingerprint density at radius 2 is 2.30 bits per heavy atom. The van der Waals surface area contributed by atoms with Gasteiger partial charge >= 0.3 is 0 Å². The molecular formula is C14H14ClN5. The molecule has 0 fully saturated rings. The van der Waals surface area contributed by atoms with Gasteiger partial charge in [0.15, 0.2) is 0 Å². The van der Waals surface area contributed by atoms with Crippen LogP contribution in [-0.4, -0.2) is 25.9 Å². The van der Waals surface area contributed by atoms with Crippen LogP contribution in [0.4, 0.5) is 0 Å². The quantitative estimate of drug-likeness (QED) is 0.722. The maximum absolute atomic E-state index is 6.13. The molecule has 4 heterocycles. The minimum Gasteiger partial charge on any atom is -0.348 e. The number of rotatable bonds is 1. The second-order valence-electron chi connectivity index (χ2n) is 5.06. The number of hydrogen-bond acceptors (Lipinski definition) is 3. The molecular weight excluding hydrogens is 274 g/mol. The van der Waals surface area contributed by atoms with Crippen LogP contribution in [0.2, 0.25) is 5.02 Å². The molecule has 0 radical (unpaired) electrons. The zero-order chi connectivity index (χ0) is 13.7. The first-order valence-electron chi connectivity index (χ1n) is 6.63. The average Bonchev–Trinajstić information content (AvgIpc) is 3.02. The zero-order valence-electron chi connectivity index (χ0n) is 11.0. The van der Waals surface area contributed by atoms with E-state index in [2.05, 4.69) is 24.7 Å². The Bertz CT molecular complexity index is 788. The molecule has 20 heavy (non-hydrogen) atoms. The second-order valence-corrected chi connectivity index (χ2v) is 5.50. The van der Waals surface area contributed by atoms with E-state index in [0.29, 0.717) is 5.02 Å². The van der Waals surface area contributed by atoms with Crippen molar-refractivity contribution in [1.29, 1.82) is 0 Å². The SMILES string of the molecule is Cc1nc2ccc(Cl)cn2c1[C@H]1NCCc2[nH]cnc21. The van der Waals surface area contributed by atoms with Crippen molar-refractivity contribution >= 4 is 17.2 Å². The highest BCUT2D eigenvalue weighted by Gasteiger charge is 2.28. The monoisotopic (exact) mass is 287 g/mol. The van der Waals surface area contributed by atoms with E-state index in [1.807, 2.05) is 25.3 Å². The molecule has 0 bridgehead atoms. The number of hydrogen-bond donors (Lipinski definition) is 2. The van der Waals surface area contributed by atoms with Crippen molar-refractivity contribution in [1.82, 2.24) is 24.7 Å². The lowest BCUT2D eigenvalue weighted by Crippen LogP contribution is -2.32. The number of aryl methyl sites for hydroxylation is 1. The van der Waals surface area contributed by atoms with Crippen molar-refractivity contribution in [2.24, 2.45) is 0 Å². The number of nitrogens with one attached hydrogen (secondary N) is 2. The van der Waals surface area contributed by atoms with E-state index in [1.165, 1.54) is 5.69 Å². The summed E-state index contributed by atoms with van der Waals surface area (Å²) in [5, 5.41) is 4.23. The minimum atomic E-state index is 0.0541. The summed E-state index contributed by atoms with van der Waals surface area (Å²) >= 11 is 6.13. The van der Waals surface area contributed by atoms with Crippen molar-refractivity contribution < 1.29 is 0 Å². The topological polar surface area (TPSA) is 58.0 Å². The van der Waals surface area contributed by atoms with Crippen LogP contribution in [-0.2, 0) is 6.42 Å². The summed E-state index contributed by atoms with van der Waals surface area (Å²) in [6, 6.07) is 3.85. The first kappa shape index (κ1) is 11.9. The summed E-state index contributed by atoms with van der Waals surface area (Å²) in [4.78, 5) is 12.3. The summed E-state index contributed by atoms with van der Waals surface area (Å²) in [5.74, 6) is 0. The Labute approximate surface area is 121 Å². The fourth-order valence-corrected chi connectivity index (χ4v) is 3.11. The first-order valence-corrected chi connectivity index (χ1v) is 7.01. The van der Waals surface area contributed by atoms with Crippen molar-refractivity contribution in [2.45, 2.75) is 19.4 Å². The lowest BCUT2D eigenvalue weighted by Gasteiger charge is -2.23. The summed E-state index contributed by atoms with van der Waals surface area (Å²) < 4.78 is 2.05. The van der Waals surface area contributed by atoms with Gasteiger partial charge in [0, 0.05) is 24.9 Å². The number of nitrogens with zero attached hydrogens (tertiary/aromatic N) is 3. The van der Waals surface area contributed by atoms with E-state index >= 15 is 0 Å². The van der Waals surface area contributed by atoms with Crippen LogP contribution in [0.25, 0.3) is 5.65 Å². The van der Waals surface area contributed by atoms with Crippen LogP contribution < -0.4 is 5.32 Å². The Balaban J connectivity index is 1.96. The molecule has 1 aliphatic rings. The van der Waals surface area contributed by atoms with Gasteiger partial charge in [0.1, 0.15) is 5.65 Å². The molecule has 0 amide bonds. The molecule has 0 aromatic carbocycles. The lowest BCUT2D eigenvalue weighted by atomic mass is 10.0. The van der Waals surface area contributed by atoms with E-state index in [1.54, 1.807) is 6.33 Å². The standard InChI is InChI=1S/C14H14ClN5/c1-8-14(20-6-9(15)2-3-11(20)19-8)13-12-10(4-5-16-13)17-7-18-12/h2-3,6-7,13,16H,4-5H2,1H3,(H,17,18)/t13-/m0/s1. The highest BCUT2D eigenvalue weighted by molar-refractivity contribution is 6.30. The Morgan fingerprint density at radius 3 is 3.20 bits per heavy atom. The van der Waals surface area contributed by atoms with Crippen LogP contribution in [0.5, 0.6) is 0 Å². The summed E-state index contributed by atoms with van der Waals surface area (Å²) in [6.07, 6.45) is 4.65. The maximum atomic E-state index is 6.13. The average molecular weight is 288 g/mol. The van der Waals surface area contributed by atoms with Crippen LogP contribution in [0.1, 0.15) is 28.8 Å². The molecule has 0 aliphatic carbocycles. The highest BCUT2D eigenvalue weighted by atomic mass is 35.5. The molecule has 2 N–H and O–H groups in total. The molecule has 102 valence electrons. The molecule has 6 heteroatoms. The summed E-state index contributed by atoms with van der Waals surface area (Å²) in [6.45, 7) is 2.95. The van der Waals surface area contributed by atoms with Gasteiger partial charge in [0.25, 0.3) is 0 Å². The molecule has 1 atom stereocenters. The van der Waals surface area contributed by atoms with Gasteiger partial charge in [-0.25, -0.2) is 9.97 Å². The van der Waals surface area contributed by atoms with Gasteiger partial charge in [-0.3, -0.25) is 0 Å². The summed E-state index contributed by atoms with van der Waals surface area (Å²) in [7, 11) is 0. The second kappa shape index (κ2) is 4.33. The molecule has 5 nitrogen and oxygen atoms in total. The molecule has 0 saturated carbocycles. The zero-order valence-corrected chi connectivity index (χ0v) is 11.8. The number of pyridine rings is 1. The van der Waals surface area contributed by atoms with Gasteiger partial charge in [-0.1, -0.05) is 11.6 Å². The molecule has 0 saturated heterocycles. The Kier molecular flexibility index (Phi) is 2.58. The van der Waals surface area contributed by atoms with E-state index in [4.69, 9.17) is 11.6 Å². The third-order valence-corrected chi connectivity index (χ3v) is 4.05. The third kappa shape index (κ3) is 1.67. The van der Waals surface area contributed by atoms with Crippen LogP contribution in [0.15, 0.2) is 24.7 Å². The predicted molar refractivity (Wildman–Crippen MR) is 77.1 cm³/mol. The van der Waals surface area contributed by atoms with E-state index in [0.717, 1.165) is 35.7 Å². The van der Waals surface area contributed by atoms with Crippen molar-refractivity contribution in [3.63, 3.8) is 0 Å². The normalized spacial score (nSPS) is 18.4. The van der Waals surface area contributed by atoms with Crippen molar-refractivity contribution in [3.8, 4) is 0 Å². The maximum Gasteiger partial charge on any atom is 0.137 e. The van der Waals surface area contributed by atoms with Crippen LogP contribution in [0.3, 0.4) is 0 Å². The van der Waals surface area contributed by atoms with Crippen molar-refractivity contribution in [3.05, 3.63) is 52.5 Å². The smallest absolute Gasteiger partial charge is 0.137 e. The van der Waals surface area contributed by atoms with Gasteiger partial charge in [-0.05, 0) is 19.1 Å². The number of imidazole rings is 2. The fraction of sp³-hybridized carbons (Fsp3) is 0.286. The minimum absolute atomic E-state index is 0.0541. The molecule has 0 unspecified atom stereocenters. The molecule has 0 spiro atoms. The van der Waals surface area contributed by atoms with Gasteiger partial charge in [0.05, 0.1) is 34.5 Å². The van der Waals surface area contributed by atoms with E-state index in [-0.39, 0.29) is 6.04 Å². The summed E-state index contributed by atoms with van der Waals surface area (Å²) in [5.41, 5.74) is 5.27. The number of fused-ring (bicyclic) bond motifs is 2. The fourth-order valence-electron chi connectivity index (χ4n) is 2.95. The van der Waals surface area contributed by atoms with Crippen LogP contribution in [0, 0.1) is 6.92 Å². The van der Waals surface area contributed by atoms with Gasteiger partial charge in [-0.15, -0.1) is 0 Å². The number of aromatic amines is 1. The lowest BCUT2D eigenvalue weighted by molar-refractivity contribution is 0.538. The highest BCUT2D eigenvalue weighted by Crippen LogP contribution is 2.29. The molecule has 1 aliphatic heterocycles. The number of halogens is 1. The largest absolute Gasteiger partial charge is 0.348 e. The van der Waals surface area contributed by atoms with E-state index < -0.39 is 0 Å². The van der Waals surface area contributed by atoms with Gasteiger partial charge < -0.3 is 14.7 Å². The molecule has 4 rings (SSSR count). The first-order chi connectivity index (χ1) is 9.74. The predicted octanol–water partition coefficient (Wildman–Crippen LogP) is 2.25. The molecule has 3 aromatic rings. The molecule has 3 aromatic heterocycles. The van der Waals surface area contributed by atoms with Gasteiger partial charge in [0.2, 0.25) is 0 Å². The van der Waals surface area contributed by atoms with Crippen LogP contribution >= 0.6 is 11.6 Å².